The third-order valence-electron chi connectivity index (χ3n) is 4.34. The molecule has 3 rings (SSSR count). The van der Waals surface area contributed by atoms with Crippen LogP contribution in [0.2, 0.25) is 0 Å². The molecule has 1 atom stereocenters. The van der Waals surface area contributed by atoms with Crippen LogP contribution in [-0.2, 0) is 29.7 Å². The van der Waals surface area contributed by atoms with E-state index in [1.165, 1.54) is 5.56 Å². The van der Waals surface area contributed by atoms with Crippen molar-refractivity contribution in [3.8, 4) is 0 Å². The molecule has 130 valence electrons. The molecule has 1 N–H and O–H groups in total. The standard InChI is InChI=1S/C17H24N4O2S/c1-14(15-6-4-3-5-7-15)12-20-8-9-21-17(13-20)10-16(19-21)11-18-24(2,22)23/h3-7,10,14,18H,8-9,11-13H2,1-2H3. The van der Waals surface area contributed by atoms with Gasteiger partial charge in [-0.25, -0.2) is 13.1 Å². The molecule has 0 amide bonds. The van der Waals surface area contributed by atoms with Crippen LogP contribution >= 0.6 is 0 Å². The van der Waals surface area contributed by atoms with Crippen LogP contribution in [0.15, 0.2) is 36.4 Å². The molecular weight excluding hydrogens is 324 g/mol. The largest absolute Gasteiger partial charge is 0.295 e. The van der Waals surface area contributed by atoms with E-state index in [1.54, 1.807) is 0 Å². The van der Waals surface area contributed by atoms with E-state index in [9.17, 15) is 8.42 Å². The van der Waals surface area contributed by atoms with Crippen molar-refractivity contribution in [1.82, 2.24) is 19.4 Å². The van der Waals surface area contributed by atoms with Crippen LogP contribution in [-0.4, -0.2) is 42.4 Å². The van der Waals surface area contributed by atoms with Crippen LogP contribution in [0.3, 0.4) is 0 Å². The van der Waals surface area contributed by atoms with Gasteiger partial charge in [0, 0.05) is 19.6 Å². The third kappa shape index (κ3) is 4.43. The van der Waals surface area contributed by atoms with Gasteiger partial charge >= 0.3 is 0 Å². The molecule has 24 heavy (non-hydrogen) atoms. The second-order valence-electron chi connectivity index (χ2n) is 6.49. The number of fused-ring (bicyclic) bond motifs is 1. The van der Waals surface area contributed by atoms with Crippen molar-refractivity contribution in [1.29, 1.82) is 0 Å². The predicted molar refractivity (Wildman–Crippen MR) is 94.0 cm³/mol. The fraction of sp³-hybridized carbons (Fsp3) is 0.471. The summed E-state index contributed by atoms with van der Waals surface area (Å²) in [6.45, 7) is 6.16. The number of nitrogens with zero attached hydrogens (tertiary/aromatic N) is 3. The van der Waals surface area contributed by atoms with Gasteiger partial charge < -0.3 is 0 Å². The van der Waals surface area contributed by atoms with Crippen molar-refractivity contribution in [3.05, 3.63) is 53.3 Å². The third-order valence-corrected chi connectivity index (χ3v) is 5.01. The topological polar surface area (TPSA) is 67.2 Å². The van der Waals surface area contributed by atoms with E-state index in [4.69, 9.17) is 0 Å². The Morgan fingerprint density at radius 2 is 2.00 bits per heavy atom. The molecule has 6 nitrogen and oxygen atoms in total. The molecule has 0 saturated carbocycles. The van der Waals surface area contributed by atoms with E-state index < -0.39 is 10.0 Å². The molecule has 2 heterocycles. The van der Waals surface area contributed by atoms with Crippen LogP contribution < -0.4 is 4.72 Å². The van der Waals surface area contributed by atoms with Gasteiger partial charge in [0.15, 0.2) is 0 Å². The molecular formula is C17H24N4O2S. The molecule has 0 bridgehead atoms. The monoisotopic (exact) mass is 348 g/mol. The molecule has 0 aliphatic carbocycles. The fourth-order valence-corrected chi connectivity index (χ4v) is 3.51. The van der Waals surface area contributed by atoms with Crippen molar-refractivity contribution in [2.24, 2.45) is 0 Å². The summed E-state index contributed by atoms with van der Waals surface area (Å²) in [4.78, 5) is 2.43. The molecule has 1 aromatic carbocycles. The van der Waals surface area contributed by atoms with E-state index >= 15 is 0 Å². The minimum Gasteiger partial charge on any atom is -0.295 e. The zero-order valence-electron chi connectivity index (χ0n) is 14.1. The lowest BCUT2D eigenvalue weighted by atomic mass is 10.0. The summed E-state index contributed by atoms with van der Waals surface area (Å²) in [7, 11) is -3.19. The summed E-state index contributed by atoms with van der Waals surface area (Å²) in [5.41, 5.74) is 3.27. The van der Waals surface area contributed by atoms with E-state index in [0.29, 0.717) is 5.92 Å². The second kappa shape index (κ2) is 7.04. The van der Waals surface area contributed by atoms with Crippen LogP contribution in [0.1, 0.15) is 29.8 Å². The van der Waals surface area contributed by atoms with Crippen LogP contribution in [0.4, 0.5) is 0 Å². The van der Waals surface area contributed by atoms with E-state index in [-0.39, 0.29) is 6.54 Å². The average Bonchev–Trinajstić information content (AvgIpc) is 2.95. The van der Waals surface area contributed by atoms with Gasteiger partial charge in [0.2, 0.25) is 10.0 Å². The smallest absolute Gasteiger partial charge is 0.209 e. The fourth-order valence-electron chi connectivity index (χ4n) is 3.10. The number of hydrogen-bond acceptors (Lipinski definition) is 4. The van der Waals surface area contributed by atoms with Crippen LogP contribution in [0, 0.1) is 0 Å². The van der Waals surface area contributed by atoms with Crippen LogP contribution in [0.5, 0.6) is 0 Å². The Morgan fingerprint density at radius 3 is 2.71 bits per heavy atom. The number of aromatic nitrogens is 2. The van der Waals surface area contributed by atoms with Gasteiger partial charge in [-0.2, -0.15) is 5.10 Å². The highest BCUT2D eigenvalue weighted by atomic mass is 32.2. The maximum Gasteiger partial charge on any atom is 0.209 e. The summed E-state index contributed by atoms with van der Waals surface area (Å²) < 4.78 is 26.9. The molecule has 1 aromatic heterocycles. The highest BCUT2D eigenvalue weighted by Crippen LogP contribution is 2.20. The maximum atomic E-state index is 11.2. The van der Waals surface area contributed by atoms with Crippen molar-refractivity contribution in [3.63, 3.8) is 0 Å². The summed E-state index contributed by atoms with van der Waals surface area (Å²) in [6, 6.07) is 12.6. The second-order valence-corrected chi connectivity index (χ2v) is 8.32. The highest BCUT2D eigenvalue weighted by Gasteiger charge is 2.20. The summed E-state index contributed by atoms with van der Waals surface area (Å²) in [5, 5.41) is 4.49. The first-order valence-corrected chi connectivity index (χ1v) is 10.1. The minimum atomic E-state index is -3.19. The first-order chi connectivity index (χ1) is 11.4. The zero-order valence-corrected chi connectivity index (χ0v) is 15.0. The minimum absolute atomic E-state index is 0.249. The van der Waals surface area contributed by atoms with E-state index in [1.807, 2.05) is 16.8 Å². The first kappa shape index (κ1) is 17.1. The van der Waals surface area contributed by atoms with Gasteiger partial charge in [-0.3, -0.25) is 9.58 Å². The number of rotatable bonds is 6. The Balaban J connectivity index is 1.61. The molecule has 0 fully saturated rings. The number of benzene rings is 1. The number of hydrogen-bond donors (Lipinski definition) is 1. The van der Waals surface area contributed by atoms with Gasteiger partial charge in [0.05, 0.1) is 30.7 Å². The number of nitrogens with one attached hydrogen (secondary N) is 1. The Hall–Kier alpha value is -1.70. The SMILES string of the molecule is CC(CN1CCn2nc(CNS(C)(=O)=O)cc2C1)c1ccccc1. The van der Waals surface area contributed by atoms with E-state index in [0.717, 1.165) is 43.8 Å². The summed E-state index contributed by atoms with van der Waals surface area (Å²) >= 11 is 0. The quantitative estimate of drug-likeness (QED) is 0.860. The highest BCUT2D eigenvalue weighted by molar-refractivity contribution is 7.88. The average molecular weight is 348 g/mol. The molecule has 2 aromatic rings. The van der Waals surface area contributed by atoms with Gasteiger partial charge in [0.1, 0.15) is 0 Å². The summed E-state index contributed by atoms with van der Waals surface area (Å²) in [5.74, 6) is 0.479. The van der Waals surface area contributed by atoms with E-state index in [2.05, 4.69) is 45.9 Å². The Labute approximate surface area is 143 Å². The lowest BCUT2D eigenvalue weighted by Gasteiger charge is -2.30. The van der Waals surface area contributed by atoms with Crippen molar-refractivity contribution >= 4 is 10.0 Å². The number of sulfonamides is 1. The van der Waals surface area contributed by atoms with Crippen LogP contribution in [0.25, 0.3) is 0 Å². The molecule has 1 unspecified atom stereocenters. The Kier molecular flexibility index (Phi) is 5.03. The summed E-state index contributed by atoms with van der Waals surface area (Å²) in [6.07, 6.45) is 1.16. The lowest BCUT2D eigenvalue weighted by molar-refractivity contribution is 0.204. The van der Waals surface area contributed by atoms with Crippen molar-refractivity contribution in [2.45, 2.75) is 32.5 Å². The molecule has 0 radical (unpaired) electrons. The normalized spacial score (nSPS) is 16.8. The molecule has 1 aliphatic rings. The van der Waals surface area contributed by atoms with Gasteiger partial charge in [-0.15, -0.1) is 0 Å². The Bertz CT molecular complexity index is 786. The van der Waals surface area contributed by atoms with Gasteiger partial charge in [0.25, 0.3) is 0 Å². The molecule has 1 aliphatic heterocycles. The first-order valence-electron chi connectivity index (χ1n) is 8.18. The van der Waals surface area contributed by atoms with Crippen molar-refractivity contribution < 1.29 is 8.42 Å². The van der Waals surface area contributed by atoms with Crippen molar-refractivity contribution in [2.75, 3.05) is 19.3 Å². The zero-order chi connectivity index (χ0) is 17.2. The van der Waals surface area contributed by atoms with Gasteiger partial charge in [-0.1, -0.05) is 37.3 Å². The molecule has 0 saturated heterocycles. The van der Waals surface area contributed by atoms with Gasteiger partial charge in [-0.05, 0) is 17.5 Å². The molecule has 0 spiro atoms. The Morgan fingerprint density at radius 1 is 1.25 bits per heavy atom. The lowest BCUT2D eigenvalue weighted by Crippen LogP contribution is -2.36. The predicted octanol–water partition coefficient (Wildman–Crippen LogP) is 1.55. The molecule has 7 heteroatoms. The maximum absolute atomic E-state index is 11.2.